The largest absolute Gasteiger partial charge is 0.456 e. The lowest BCUT2D eigenvalue weighted by atomic mass is 10.3. The number of hydrogen-bond acceptors (Lipinski definition) is 3. The minimum absolute atomic E-state index is 0.207. The van der Waals surface area contributed by atoms with E-state index in [9.17, 15) is 4.79 Å². The second-order valence-electron chi connectivity index (χ2n) is 2.83. The predicted molar refractivity (Wildman–Crippen MR) is 46.5 cm³/mol. The molecule has 3 heteroatoms. The topological polar surface area (TPSA) is 29.3 Å². The number of ether oxygens (including phenoxy) is 1. The van der Waals surface area contributed by atoms with Crippen LogP contribution >= 0.6 is 0 Å². The van der Waals surface area contributed by atoms with Gasteiger partial charge in [-0.2, -0.15) is 0 Å². The van der Waals surface area contributed by atoms with Crippen LogP contribution in [0.15, 0.2) is 24.9 Å². The molecule has 0 aliphatic carbocycles. The Labute approximate surface area is 72.3 Å². The molecule has 3 nitrogen and oxygen atoms in total. The van der Waals surface area contributed by atoms with Crippen molar-refractivity contribution >= 4 is 5.97 Å². The van der Waals surface area contributed by atoms with E-state index in [1.54, 1.807) is 6.08 Å². The van der Waals surface area contributed by atoms with Crippen molar-refractivity contribution in [1.82, 2.24) is 4.90 Å². The number of nitrogens with zero attached hydrogens (tertiary/aromatic N) is 1. The van der Waals surface area contributed by atoms with E-state index in [1.165, 1.54) is 6.92 Å². The molecule has 1 aliphatic heterocycles. The zero-order valence-electron chi connectivity index (χ0n) is 7.25. The summed E-state index contributed by atoms with van der Waals surface area (Å²) in [5, 5.41) is 0. The average Bonchev–Trinajstić information content (AvgIpc) is 2.64. The molecule has 0 unspecified atom stereocenters. The zero-order chi connectivity index (χ0) is 9.14. The average molecular weight is 167 g/mol. The summed E-state index contributed by atoms with van der Waals surface area (Å²) in [4.78, 5) is 12.6. The fourth-order valence-corrected chi connectivity index (χ4v) is 0.969. The van der Waals surface area contributed by atoms with Crippen molar-refractivity contribution in [2.45, 2.75) is 13.0 Å². The lowest BCUT2D eigenvalue weighted by molar-refractivity contribution is -0.144. The summed E-state index contributed by atoms with van der Waals surface area (Å²) in [6.45, 7) is 10.3. The van der Waals surface area contributed by atoms with Crippen LogP contribution in [0.3, 0.4) is 0 Å². The van der Waals surface area contributed by atoms with Crippen LogP contribution in [-0.2, 0) is 9.53 Å². The van der Waals surface area contributed by atoms with E-state index in [1.807, 2.05) is 4.90 Å². The first-order valence-electron chi connectivity index (χ1n) is 3.86. The first-order valence-corrected chi connectivity index (χ1v) is 3.86. The minimum Gasteiger partial charge on any atom is -0.456 e. The second kappa shape index (κ2) is 3.43. The monoisotopic (exact) mass is 167 g/mol. The van der Waals surface area contributed by atoms with Gasteiger partial charge in [-0.3, -0.25) is 4.79 Å². The van der Waals surface area contributed by atoms with Gasteiger partial charge in [-0.1, -0.05) is 13.2 Å². The molecule has 0 aromatic rings. The molecular formula is C9H13NO2. The van der Waals surface area contributed by atoms with Gasteiger partial charge in [0.25, 0.3) is 0 Å². The van der Waals surface area contributed by atoms with Gasteiger partial charge in [0, 0.05) is 12.6 Å². The third kappa shape index (κ3) is 2.42. The number of hydrogen-bond donors (Lipinski definition) is 0. The number of esters is 1. The van der Waals surface area contributed by atoms with Gasteiger partial charge < -0.3 is 9.64 Å². The second-order valence-corrected chi connectivity index (χ2v) is 2.83. The molecule has 0 amide bonds. The standard InChI is InChI=1S/C9H13NO2/c1-4-9(12-8(3)11)6-10-5-7(10)2/h4,9H,1-2,5-6H2,3H3/t9-,10?/m1/s1. The summed E-state index contributed by atoms with van der Waals surface area (Å²) in [5.41, 5.74) is 1.09. The zero-order valence-corrected chi connectivity index (χ0v) is 7.25. The maximum atomic E-state index is 10.6. The molecule has 12 heavy (non-hydrogen) atoms. The molecule has 1 heterocycles. The van der Waals surface area contributed by atoms with Crippen LogP contribution in [0.5, 0.6) is 0 Å². The quantitative estimate of drug-likeness (QED) is 0.354. The smallest absolute Gasteiger partial charge is 0.303 e. The molecule has 1 rings (SSSR count). The molecule has 0 saturated carbocycles. The Bertz CT molecular complexity index is 223. The fourth-order valence-electron chi connectivity index (χ4n) is 0.969. The third-order valence-corrected chi connectivity index (χ3v) is 1.70. The van der Waals surface area contributed by atoms with Crippen molar-refractivity contribution in [2.24, 2.45) is 0 Å². The maximum Gasteiger partial charge on any atom is 0.303 e. The first kappa shape index (κ1) is 8.84. The Hall–Kier alpha value is -1.25. The van der Waals surface area contributed by atoms with Crippen molar-refractivity contribution in [3.8, 4) is 0 Å². The maximum absolute atomic E-state index is 10.6. The van der Waals surface area contributed by atoms with Gasteiger partial charge in [-0.25, -0.2) is 0 Å². The highest BCUT2D eigenvalue weighted by Crippen LogP contribution is 2.20. The summed E-state index contributed by atoms with van der Waals surface area (Å²) in [6.07, 6.45) is 1.43. The van der Waals surface area contributed by atoms with Gasteiger partial charge in [0.2, 0.25) is 0 Å². The van der Waals surface area contributed by atoms with E-state index >= 15 is 0 Å². The van der Waals surface area contributed by atoms with Gasteiger partial charge in [-0.15, -0.1) is 0 Å². The van der Waals surface area contributed by atoms with E-state index in [-0.39, 0.29) is 12.1 Å². The lowest BCUT2D eigenvalue weighted by Gasteiger charge is -2.12. The van der Waals surface area contributed by atoms with Gasteiger partial charge in [0.15, 0.2) is 0 Å². The van der Waals surface area contributed by atoms with Crippen LogP contribution in [0.25, 0.3) is 0 Å². The summed E-state index contributed by atoms with van der Waals surface area (Å²) in [5.74, 6) is -0.271. The Morgan fingerprint density at radius 1 is 1.92 bits per heavy atom. The normalized spacial score (nSPS) is 17.1. The summed E-state index contributed by atoms with van der Waals surface area (Å²) >= 11 is 0. The molecule has 1 saturated heterocycles. The number of carbonyl (C=O) groups is 1. The molecule has 1 aliphatic rings. The SMILES string of the molecule is C=C[C@H](CN1CC1=C)OC(C)=O. The summed E-state index contributed by atoms with van der Waals surface area (Å²) in [6, 6.07) is 0. The first-order chi connectivity index (χ1) is 5.63. The van der Waals surface area contributed by atoms with E-state index in [4.69, 9.17) is 4.74 Å². The molecule has 0 bridgehead atoms. The molecule has 1 atom stereocenters. The van der Waals surface area contributed by atoms with Crippen LogP contribution in [0.1, 0.15) is 6.92 Å². The van der Waals surface area contributed by atoms with Crippen LogP contribution in [-0.4, -0.2) is 30.1 Å². The van der Waals surface area contributed by atoms with Crippen molar-refractivity contribution in [3.63, 3.8) is 0 Å². The lowest BCUT2D eigenvalue weighted by Crippen LogP contribution is -2.22. The van der Waals surface area contributed by atoms with Gasteiger partial charge >= 0.3 is 5.97 Å². The number of rotatable bonds is 4. The van der Waals surface area contributed by atoms with E-state index < -0.39 is 0 Å². The van der Waals surface area contributed by atoms with Gasteiger partial charge in [0.05, 0.1) is 13.1 Å². The van der Waals surface area contributed by atoms with Crippen molar-refractivity contribution in [1.29, 1.82) is 0 Å². The van der Waals surface area contributed by atoms with Crippen molar-refractivity contribution in [2.75, 3.05) is 13.1 Å². The predicted octanol–water partition coefficient (Wildman–Crippen LogP) is 0.933. The molecule has 0 aromatic heterocycles. The minimum atomic E-state index is -0.271. The van der Waals surface area contributed by atoms with E-state index in [0.717, 1.165) is 12.2 Å². The van der Waals surface area contributed by atoms with E-state index in [0.29, 0.717) is 6.54 Å². The molecule has 0 spiro atoms. The van der Waals surface area contributed by atoms with Gasteiger partial charge in [0.1, 0.15) is 6.10 Å². The fraction of sp³-hybridized carbons (Fsp3) is 0.444. The summed E-state index contributed by atoms with van der Waals surface area (Å²) < 4.78 is 4.96. The highest BCUT2D eigenvalue weighted by atomic mass is 16.5. The molecular weight excluding hydrogens is 154 g/mol. The molecule has 66 valence electrons. The highest BCUT2D eigenvalue weighted by molar-refractivity contribution is 5.66. The van der Waals surface area contributed by atoms with Crippen LogP contribution in [0.4, 0.5) is 0 Å². The van der Waals surface area contributed by atoms with Crippen LogP contribution in [0, 0.1) is 0 Å². The van der Waals surface area contributed by atoms with Crippen LogP contribution in [0.2, 0.25) is 0 Å². The third-order valence-electron chi connectivity index (χ3n) is 1.70. The Kier molecular flexibility index (Phi) is 2.53. The molecule has 0 radical (unpaired) electrons. The van der Waals surface area contributed by atoms with Crippen LogP contribution < -0.4 is 0 Å². The van der Waals surface area contributed by atoms with Crippen molar-refractivity contribution in [3.05, 3.63) is 24.9 Å². The molecule has 0 N–H and O–H groups in total. The van der Waals surface area contributed by atoms with Crippen molar-refractivity contribution < 1.29 is 9.53 Å². The molecule has 1 fully saturated rings. The summed E-state index contributed by atoms with van der Waals surface area (Å²) in [7, 11) is 0. The Balaban J connectivity index is 2.30. The van der Waals surface area contributed by atoms with E-state index in [2.05, 4.69) is 13.2 Å². The highest BCUT2D eigenvalue weighted by Gasteiger charge is 2.25. The Morgan fingerprint density at radius 3 is 2.83 bits per heavy atom. The Morgan fingerprint density at radius 2 is 2.50 bits per heavy atom. The number of carbonyl (C=O) groups excluding carboxylic acids is 1. The molecule has 0 aromatic carbocycles. The van der Waals surface area contributed by atoms with Gasteiger partial charge in [-0.05, 0) is 6.08 Å².